The number of nitrogens with zero attached hydrogens (tertiary/aromatic N) is 1. The van der Waals surface area contributed by atoms with Crippen LogP contribution in [0.2, 0.25) is 0 Å². The fourth-order valence-electron chi connectivity index (χ4n) is 3.08. The molecule has 0 amide bonds. The number of likely N-dealkylation sites (tertiary alicyclic amines) is 1. The van der Waals surface area contributed by atoms with Crippen LogP contribution in [0, 0.1) is 11.7 Å². The predicted molar refractivity (Wildman–Crippen MR) is 73.1 cm³/mol. The highest BCUT2D eigenvalue weighted by atomic mass is 19.1. The minimum absolute atomic E-state index is 0.118. The fourth-order valence-corrected chi connectivity index (χ4v) is 3.08. The van der Waals surface area contributed by atoms with E-state index in [1.165, 1.54) is 25.3 Å². The van der Waals surface area contributed by atoms with Gasteiger partial charge >= 0.3 is 11.9 Å². The lowest BCUT2D eigenvalue weighted by molar-refractivity contribution is -0.152. The van der Waals surface area contributed by atoms with Crippen LogP contribution >= 0.6 is 0 Å². The van der Waals surface area contributed by atoms with Crippen LogP contribution in [-0.4, -0.2) is 41.6 Å². The lowest BCUT2D eigenvalue weighted by Gasteiger charge is -2.32. The van der Waals surface area contributed by atoms with E-state index in [1.54, 1.807) is 24.9 Å². The molecular formula is C15H18FNO4. The van der Waals surface area contributed by atoms with Crippen molar-refractivity contribution in [3.8, 4) is 0 Å². The molecule has 0 spiro atoms. The van der Waals surface area contributed by atoms with Crippen molar-refractivity contribution < 1.29 is 23.8 Å². The van der Waals surface area contributed by atoms with Gasteiger partial charge in [0, 0.05) is 6.04 Å². The first-order chi connectivity index (χ1) is 9.81. The summed E-state index contributed by atoms with van der Waals surface area (Å²) in [6.45, 7) is 1.65. The van der Waals surface area contributed by atoms with Crippen molar-refractivity contribution >= 4 is 11.9 Å². The number of aliphatic carboxylic acids is 1. The topological polar surface area (TPSA) is 66.8 Å². The van der Waals surface area contributed by atoms with Crippen LogP contribution in [0.5, 0.6) is 0 Å². The summed E-state index contributed by atoms with van der Waals surface area (Å²) in [7, 11) is 2.93. The van der Waals surface area contributed by atoms with E-state index in [0.29, 0.717) is 5.56 Å². The third kappa shape index (κ3) is 2.51. The van der Waals surface area contributed by atoms with E-state index in [-0.39, 0.29) is 6.42 Å². The Bertz CT molecular complexity index is 577. The number of esters is 1. The average molecular weight is 295 g/mol. The molecule has 5 nitrogen and oxygen atoms in total. The number of hydrogen-bond acceptors (Lipinski definition) is 4. The molecule has 0 radical (unpaired) electrons. The second-order valence-corrected chi connectivity index (χ2v) is 5.53. The summed E-state index contributed by atoms with van der Waals surface area (Å²) in [6, 6.07) is 5.23. The first-order valence-corrected chi connectivity index (χ1v) is 6.61. The molecule has 114 valence electrons. The van der Waals surface area contributed by atoms with Crippen molar-refractivity contribution in [2.45, 2.75) is 24.9 Å². The van der Waals surface area contributed by atoms with Gasteiger partial charge in [0.05, 0.1) is 13.0 Å². The van der Waals surface area contributed by atoms with E-state index in [4.69, 9.17) is 4.74 Å². The average Bonchev–Trinajstić information content (AvgIpc) is 2.72. The molecule has 1 aromatic carbocycles. The molecule has 1 aromatic rings. The van der Waals surface area contributed by atoms with E-state index >= 15 is 0 Å². The molecule has 1 aliphatic rings. The molecule has 6 heteroatoms. The molecule has 1 saturated heterocycles. The van der Waals surface area contributed by atoms with Gasteiger partial charge < -0.3 is 9.84 Å². The highest BCUT2D eigenvalue weighted by Crippen LogP contribution is 2.46. The van der Waals surface area contributed by atoms with Crippen LogP contribution in [0.15, 0.2) is 24.3 Å². The van der Waals surface area contributed by atoms with Gasteiger partial charge in [-0.3, -0.25) is 14.5 Å². The number of ether oxygens (including phenoxy) is 1. The van der Waals surface area contributed by atoms with E-state index in [0.717, 1.165) is 0 Å². The Labute approximate surface area is 122 Å². The van der Waals surface area contributed by atoms with Crippen molar-refractivity contribution in [3.05, 3.63) is 35.6 Å². The van der Waals surface area contributed by atoms with Gasteiger partial charge in [-0.1, -0.05) is 12.1 Å². The molecule has 1 heterocycles. The monoisotopic (exact) mass is 295 g/mol. The van der Waals surface area contributed by atoms with Crippen molar-refractivity contribution in [1.82, 2.24) is 4.90 Å². The van der Waals surface area contributed by atoms with Crippen LogP contribution in [0.4, 0.5) is 4.39 Å². The smallest absolute Gasteiger partial charge is 0.326 e. The Morgan fingerprint density at radius 2 is 2.14 bits per heavy atom. The lowest BCUT2D eigenvalue weighted by Crippen LogP contribution is -2.47. The van der Waals surface area contributed by atoms with Crippen molar-refractivity contribution in [1.29, 1.82) is 0 Å². The predicted octanol–water partition coefficient (Wildman–Crippen LogP) is 1.83. The summed E-state index contributed by atoms with van der Waals surface area (Å²) >= 11 is 0. The van der Waals surface area contributed by atoms with Gasteiger partial charge in [0.2, 0.25) is 0 Å². The first kappa shape index (κ1) is 15.4. The van der Waals surface area contributed by atoms with Crippen LogP contribution < -0.4 is 0 Å². The summed E-state index contributed by atoms with van der Waals surface area (Å²) in [5.41, 5.74) is -0.507. The Morgan fingerprint density at radius 1 is 1.48 bits per heavy atom. The number of carboxylic acid groups (broad SMARTS) is 1. The molecule has 0 bridgehead atoms. The van der Waals surface area contributed by atoms with Crippen molar-refractivity contribution in [2.75, 3.05) is 14.2 Å². The fraction of sp³-hybridized carbons (Fsp3) is 0.467. The van der Waals surface area contributed by atoms with E-state index in [2.05, 4.69) is 0 Å². The number of rotatable bonds is 3. The molecule has 21 heavy (non-hydrogen) atoms. The van der Waals surface area contributed by atoms with Gasteiger partial charge in [-0.05, 0) is 38.1 Å². The van der Waals surface area contributed by atoms with Crippen molar-refractivity contribution in [3.63, 3.8) is 0 Å². The van der Waals surface area contributed by atoms with Crippen LogP contribution in [0.1, 0.15) is 24.9 Å². The molecule has 1 N–H and O–H groups in total. The minimum Gasteiger partial charge on any atom is -0.481 e. The summed E-state index contributed by atoms with van der Waals surface area (Å²) < 4.78 is 18.2. The van der Waals surface area contributed by atoms with Gasteiger partial charge in [-0.2, -0.15) is 0 Å². The highest BCUT2D eigenvalue weighted by Gasteiger charge is 2.55. The highest BCUT2D eigenvalue weighted by molar-refractivity contribution is 5.83. The van der Waals surface area contributed by atoms with E-state index < -0.39 is 35.3 Å². The summed E-state index contributed by atoms with van der Waals surface area (Å²) in [5.74, 6) is -2.74. The van der Waals surface area contributed by atoms with Gasteiger partial charge in [0.25, 0.3) is 0 Å². The van der Waals surface area contributed by atoms with Gasteiger partial charge in [-0.25, -0.2) is 4.39 Å². The van der Waals surface area contributed by atoms with Crippen LogP contribution in [-0.2, 0) is 14.3 Å². The second kappa shape index (κ2) is 5.44. The summed E-state index contributed by atoms with van der Waals surface area (Å²) in [5, 5.41) is 9.45. The molecule has 2 rings (SSSR count). The van der Waals surface area contributed by atoms with Gasteiger partial charge in [0.15, 0.2) is 0 Å². The number of likely N-dealkylation sites (N-methyl/N-ethyl adjacent to an activating group) is 1. The number of carboxylic acids is 1. The number of halogens is 1. The largest absolute Gasteiger partial charge is 0.481 e. The number of carbonyl (C=O) groups is 2. The molecule has 3 atom stereocenters. The van der Waals surface area contributed by atoms with Crippen molar-refractivity contribution in [2.24, 2.45) is 5.92 Å². The van der Waals surface area contributed by atoms with Crippen LogP contribution in [0.3, 0.4) is 0 Å². The molecule has 1 aliphatic heterocycles. The molecule has 0 unspecified atom stereocenters. The zero-order valence-electron chi connectivity index (χ0n) is 12.2. The number of hydrogen-bond donors (Lipinski definition) is 1. The Morgan fingerprint density at radius 3 is 2.67 bits per heavy atom. The number of methoxy groups -OCH3 is 1. The summed E-state index contributed by atoms with van der Waals surface area (Å²) in [6.07, 6.45) is 0.118. The van der Waals surface area contributed by atoms with Gasteiger partial charge in [-0.15, -0.1) is 0 Å². The standard InChI is InChI=1S/C15H18FNO4/c1-15(14(20)21-3)8-11(13(18)19)12(17(15)2)9-5-4-6-10(16)7-9/h4-7,11-12H,8H2,1-3H3,(H,18,19)/t11-,12+,15+/m1/s1. The molecule has 0 aromatic heterocycles. The van der Waals surface area contributed by atoms with E-state index in [1.807, 2.05) is 0 Å². The third-order valence-corrected chi connectivity index (χ3v) is 4.33. The second-order valence-electron chi connectivity index (χ2n) is 5.53. The van der Waals surface area contributed by atoms with Gasteiger partial charge in [0.1, 0.15) is 11.4 Å². The Kier molecular flexibility index (Phi) is 4.00. The molecule has 1 fully saturated rings. The zero-order valence-corrected chi connectivity index (χ0v) is 12.2. The molecule has 0 aliphatic carbocycles. The van der Waals surface area contributed by atoms with Crippen LogP contribution in [0.25, 0.3) is 0 Å². The molecule has 0 saturated carbocycles. The first-order valence-electron chi connectivity index (χ1n) is 6.61. The number of carbonyl (C=O) groups excluding carboxylic acids is 1. The number of benzene rings is 1. The third-order valence-electron chi connectivity index (χ3n) is 4.33. The normalized spacial score (nSPS) is 29.3. The quantitative estimate of drug-likeness (QED) is 0.862. The lowest BCUT2D eigenvalue weighted by atomic mass is 9.90. The maximum Gasteiger partial charge on any atom is 0.326 e. The minimum atomic E-state index is -1.05. The maximum atomic E-state index is 13.4. The molecular weight excluding hydrogens is 277 g/mol. The maximum absolute atomic E-state index is 13.4. The Hall–Kier alpha value is -1.95. The van der Waals surface area contributed by atoms with E-state index in [9.17, 15) is 19.1 Å². The SMILES string of the molecule is COC(=O)[C@]1(C)C[C@@H](C(=O)O)[C@H](c2cccc(F)c2)N1C. The summed E-state index contributed by atoms with van der Waals surface area (Å²) in [4.78, 5) is 25.2. The Balaban J connectivity index is 2.47. The zero-order chi connectivity index (χ0) is 15.8.